The molecule has 1 saturated heterocycles. The fourth-order valence-corrected chi connectivity index (χ4v) is 4.00. The van der Waals surface area contributed by atoms with E-state index in [1.165, 1.54) is 12.1 Å². The zero-order valence-corrected chi connectivity index (χ0v) is 16.2. The second kappa shape index (κ2) is 7.73. The van der Waals surface area contributed by atoms with Crippen LogP contribution in [0.5, 0.6) is 5.75 Å². The van der Waals surface area contributed by atoms with Crippen molar-refractivity contribution in [2.45, 2.75) is 12.5 Å². The Kier molecular flexibility index (Phi) is 4.79. The lowest BCUT2D eigenvalue weighted by Crippen LogP contribution is -2.19. The van der Waals surface area contributed by atoms with Crippen LogP contribution in [-0.4, -0.2) is 34.1 Å². The second-order valence-electron chi connectivity index (χ2n) is 6.81. The SMILES string of the molecule is Fc1cccc(Nc2ncc3cc(-c4nccs4)c(O[C@@H]4CCNC4)cc3n2)c1. The fourth-order valence-electron chi connectivity index (χ4n) is 3.34. The first-order valence-electron chi connectivity index (χ1n) is 9.35. The quantitative estimate of drug-likeness (QED) is 0.512. The molecule has 3 heterocycles. The third kappa shape index (κ3) is 3.90. The number of halogens is 1. The topological polar surface area (TPSA) is 72.0 Å². The minimum Gasteiger partial charge on any atom is -0.488 e. The smallest absolute Gasteiger partial charge is 0.227 e. The first-order valence-corrected chi connectivity index (χ1v) is 10.2. The highest BCUT2D eigenvalue weighted by Crippen LogP contribution is 2.36. The summed E-state index contributed by atoms with van der Waals surface area (Å²) in [7, 11) is 0. The number of benzene rings is 2. The Morgan fingerprint density at radius 2 is 2.17 bits per heavy atom. The summed E-state index contributed by atoms with van der Waals surface area (Å²) in [6.07, 6.45) is 4.62. The van der Waals surface area contributed by atoms with Crippen LogP contribution in [-0.2, 0) is 0 Å². The molecular formula is C21H18FN5OS. The predicted molar refractivity (Wildman–Crippen MR) is 112 cm³/mol. The van der Waals surface area contributed by atoms with E-state index < -0.39 is 0 Å². The molecule has 2 aromatic heterocycles. The van der Waals surface area contributed by atoms with Gasteiger partial charge in [0.2, 0.25) is 5.95 Å². The highest BCUT2D eigenvalue weighted by atomic mass is 32.1. The van der Waals surface area contributed by atoms with Crippen molar-refractivity contribution in [2.24, 2.45) is 0 Å². The molecule has 1 aliphatic rings. The summed E-state index contributed by atoms with van der Waals surface area (Å²) in [5.41, 5.74) is 2.28. The van der Waals surface area contributed by atoms with Crippen LogP contribution >= 0.6 is 11.3 Å². The van der Waals surface area contributed by atoms with Gasteiger partial charge in [-0.1, -0.05) is 6.07 Å². The third-order valence-electron chi connectivity index (χ3n) is 4.73. The van der Waals surface area contributed by atoms with Gasteiger partial charge in [-0.05, 0) is 37.2 Å². The summed E-state index contributed by atoms with van der Waals surface area (Å²) in [6, 6.07) is 10.2. The Morgan fingerprint density at radius 1 is 1.21 bits per heavy atom. The average Bonchev–Trinajstić information content (AvgIpc) is 3.42. The number of thiazole rings is 1. The van der Waals surface area contributed by atoms with Crippen LogP contribution in [0.3, 0.4) is 0 Å². The van der Waals surface area contributed by atoms with E-state index in [-0.39, 0.29) is 11.9 Å². The Hall–Kier alpha value is -3.10. The number of aromatic nitrogens is 3. The number of fused-ring (bicyclic) bond motifs is 1. The number of hydrogen-bond donors (Lipinski definition) is 2. The molecule has 0 bridgehead atoms. The van der Waals surface area contributed by atoms with Crippen molar-refractivity contribution in [1.29, 1.82) is 0 Å². The first kappa shape index (κ1) is 18.0. The van der Waals surface area contributed by atoms with Crippen LogP contribution in [0.25, 0.3) is 21.5 Å². The largest absolute Gasteiger partial charge is 0.488 e. The molecule has 29 heavy (non-hydrogen) atoms. The summed E-state index contributed by atoms with van der Waals surface area (Å²) in [4.78, 5) is 13.4. The van der Waals surface area contributed by atoms with E-state index in [1.54, 1.807) is 35.9 Å². The molecule has 8 heteroatoms. The van der Waals surface area contributed by atoms with Gasteiger partial charge in [0.05, 0.1) is 11.1 Å². The number of rotatable bonds is 5. The van der Waals surface area contributed by atoms with E-state index in [1.807, 2.05) is 17.5 Å². The maximum atomic E-state index is 13.4. The molecular weight excluding hydrogens is 389 g/mol. The molecule has 4 aromatic rings. The lowest BCUT2D eigenvalue weighted by atomic mass is 10.1. The van der Waals surface area contributed by atoms with Gasteiger partial charge in [-0.25, -0.2) is 19.3 Å². The van der Waals surface area contributed by atoms with E-state index in [4.69, 9.17) is 4.74 Å². The molecule has 0 amide bonds. The summed E-state index contributed by atoms with van der Waals surface area (Å²) in [5, 5.41) is 10.1. The summed E-state index contributed by atoms with van der Waals surface area (Å²) < 4.78 is 19.7. The summed E-state index contributed by atoms with van der Waals surface area (Å²) in [5.74, 6) is 0.847. The molecule has 2 aromatic carbocycles. The number of nitrogens with zero attached hydrogens (tertiary/aromatic N) is 3. The van der Waals surface area contributed by atoms with Crippen molar-refractivity contribution in [1.82, 2.24) is 20.3 Å². The van der Waals surface area contributed by atoms with Crippen LogP contribution in [0.1, 0.15) is 6.42 Å². The average molecular weight is 407 g/mol. The minimum atomic E-state index is -0.315. The van der Waals surface area contributed by atoms with Gasteiger partial charge in [0, 0.05) is 41.5 Å². The van der Waals surface area contributed by atoms with Gasteiger partial charge in [-0.3, -0.25) is 0 Å². The van der Waals surface area contributed by atoms with Gasteiger partial charge in [0.15, 0.2) is 0 Å². The van der Waals surface area contributed by atoms with Crippen LogP contribution in [0.15, 0.2) is 54.2 Å². The van der Waals surface area contributed by atoms with Crippen LogP contribution in [0, 0.1) is 5.82 Å². The molecule has 0 saturated carbocycles. The Balaban J connectivity index is 1.53. The maximum Gasteiger partial charge on any atom is 0.227 e. The number of anilines is 2. The fraction of sp³-hybridized carbons (Fsp3) is 0.190. The molecule has 5 rings (SSSR count). The molecule has 0 spiro atoms. The second-order valence-corrected chi connectivity index (χ2v) is 7.70. The number of nitrogens with one attached hydrogen (secondary N) is 2. The van der Waals surface area contributed by atoms with E-state index in [2.05, 4.69) is 25.6 Å². The van der Waals surface area contributed by atoms with Gasteiger partial charge in [0.25, 0.3) is 0 Å². The summed E-state index contributed by atoms with van der Waals surface area (Å²) in [6.45, 7) is 1.78. The summed E-state index contributed by atoms with van der Waals surface area (Å²) >= 11 is 1.57. The molecule has 1 fully saturated rings. The lowest BCUT2D eigenvalue weighted by Gasteiger charge is -2.16. The van der Waals surface area contributed by atoms with Gasteiger partial charge >= 0.3 is 0 Å². The molecule has 0 radical (unpaired) electrons. The van der Waals surface area contributed by atoms with Gasteiger partial charge in [-0.2, -0.15) is 0 Å². The first-order chi connectivity index (χ1) is 14.2. The normalized spacial score (nSPS) is 16.2. The molecule has 1 atom stereocenters. The van der Waals surface area contributed by atoms with Crippen molar-refractivity contribution in [3.05, 3.63) is 60.0 Å². The van der Waals surface area contributed by atoms with Crippen molar-refractivity contribution in [3.63, 3.8) is 0 Å². The van der Waals surface area contributed by atoms with Gasteiger partial charge < -0.3 is 15.4 Å². The minimum absolute atomic E-state index is 0.123. The van der Waals surface area contributed by atoms with E-state index in [0.29, 0.717) is 11.6 Å². The monoisotopic (exact) mass is 407 g/mol. The number of ether oxygens (including phenoxy) is 1. The van der Waals surface area contributed by atoms with Crippen LogP contribution in [0.4, 0.5) is 16.0 Å². The van der Waals surface area contributed by atoms with Gasteiger partial charge in [-0.15, -0.1) is 11.3 Å². The molecule has 2 N–H and O–H groups in total. The van der Waals surface area contributed by atoms with Gasteiger partial charge in [0.1, 0.15) is 22.7 Å². The van der Waals surface area contributed by atoms with E-state index in [0.717, 1.165) is 46.7 Å². The van der Waals surface area contributed by atoms with Crippen molar-refractivity contribution >= 4 is 33.9 Å². The third-order valence-corrected chi connectivity index (χ3v) is 5.54. The standard InChI is InChI=1S/C21H18FN5OS/c22-14-2-1-3-15(9-14)26-21-25-11-13-8-17(20-24-6-7-29-20)19(10-18(13)27-21)28-16-4-5-23-12-16/h1-3,6-11,16,23H,4-5,12H2,(H,25,26,27)/t16-/m1/s1. The van der Waals surface area contributed by atoms with E-state index >= 15 is 0 Å². The Bertz CT molecular complexity index is 1150. The molecule has 0 unspecified atom stereocenters. The van der Waals surface area contributed by atoms with E-state index in [9.17, 15) is 4.39 Å². The molecule has 146 valence electrons. The van der Waals surface area contributed by atoms with Crippen LogP contribution < -0.4 is 15.4 Å². The molecule has 1 aliphatic heterocycles. The van der Waals surface area contributed by atoms with Crippen LogP contribution in [0.2, 0.25) is 0 Å². The van der Waals surface area contributed by atoms with Crippen molar-refractivity contribution < 1.29 is 9.13 Å². The number of hydrogen-bond acceptors (Lipinski definition) is 7. The Morgan fingerprint density at radius 3 is 2.97 bits per heavy atom. The highest BCUT2D eigenvalue weighted by Gasteiger charge is 2.20. The zero-order valence-electron chi connectivity index (χ0n) is 15.4. The predicted octanol–water partition coefficient (Wildman–Crippen LogP) is 4.38. The molecule has 6 nitrogen and oxygen atoms in total. The zero-order chi connectivity index (χ0) is 19.6. The lowest BCUT2D eigenvalue weighted by molar-refractivity contribution is 0.224. The molecule has 0 aliphatic carbocycles. The van der Waals surface area contributed by atoms with Crippen molar-refractivity contribution in [3.8, 4) is 16.3 Å². The maximum absolute atomic E-state index is 13.4. The van der Waals surface area contributed by atoms with Crippen molar-refractivity contribution in [2.75, 3.05) is 18.4 Å². The Labute approximate surface area is 170 Å². The highest BCUT2D eigenvalue weighted by molar-refractivity contribution is 7.13.